The van der Waals surface area contributed by atoms with Crippen molar-refractivity contribution in [2.45, 2.75) is 58.4 Å². The average molecular weight is 213 g/mol. The molecule has 0 heterocycles. The Labute approximate surface area is 94.8 Å². The van der Waals surface area contributed by atoms with Gasteiger partial charge in [0.2, 0.25) is 0 Å². The Morgan fingerprint density at radius 2 is 2.07 bits per heavy atom. The van der Waals surface area contributed by atoms with Gasteiger partial charge in [-0.1, -0.05) is 26.7 Å². The molecule has 90 valence electrons. The minimum Gasteiger partial charge on any atom is -0.385 e. The summed E-state index contributed by atoms with van der Waals surface area (Å²) in [5, 5.41) is 3.72. The number of hydrogen-bond donors (Lipinski definition) is 1. The van der Waals surface area contributed by atoms with Gasteiger partial charge in [0.25, 0.3) is 0 Å². The fourth-order valence-corrected chi connectivity index (χ4v) is 2.52. The Hall–Kier alpha value is -0.0800. The number of unbranched alkanes of at least 4 members (excludes halogenated alkanes) is 1. The summed E-state index contributed by atoms with van der Waals surface area (Å²) in [6.45, 7) is 6.85. The van der Waals surface area contributed by atoms with Crippen LogP contribution in [-0.2, 0) is 4.74 Å². The largest absolute Gasteiger partial charge is 0.385 e. The van der Waals surface area contributed by atoms with E-state index in [1.54, 1.807) is 7.11 Å². The van der Waals surface area contributed by atoms with Crippen molar-refractivity contribution < 1.29 is 4.74 Å². The first kappa shape index (κ1) is 13.0. The van der Waals surface area contributed by atoms with E-state index < -0.39 is 0 Å². The number of nitrogens with one attached hydrogen (secondary N) is 1. The summed E-state index contributed by atoms with van der Waals surface area (Å²) >= 11 is 0. The van der Waals surface area contributed by atoms with Crippen molar-refractivity contribution in [3.8, 4) is 0 Å². The summed E-state index contributed by atoms with van der Waals surface area (Å²) in [5.74, 6) is 0. The van der Waals surface area contributed by atoms with Crippen molar-refractivity contribution in [3.05, 3.63) is 0 Å². The van der Waals surface area contributed by atoms with Gasteiger partial charge in [0, 0.05) is 19.8 Å². The third-order valence-electron chi connectivity index (χ3n) is 3.67. The molecule has 1 fully saturated rings. The van der Waals surface area contributed by atoms with Crippen LogP contribution in [0.5, 0.6) is 0 Å². The highest BCUT2D eigenvalue weighted by Crippen LogP contribution is 2.35. The second kappa shape index (κ2) is 6.49. The van der Waals surface area contributed by atoms with Crippen molar-refractivity contribution in [3.63, 3.8) is 0 Å². The predicted molar refractivity (Wildman–Crippen MR) is 65.1 cm³/mol. The molecule has 1 aliphatic rings. The first-order valence-electron chi connectivity index (χ1n) is 6.39. The van der Waals surface area contributed by atoms with Gasteiger partial charge < -0.3 is 10.1 Å². The lowest BCUT2D eigenvalue weighted by Crippen LogP contribution is -2.44. The van der Waals surface area contributed by atoms with Gasteiger partial charge in [-0.2, -0.15) is 0 Å². The molecule has 1 rings (SSSR count). The minimum atomic E-state index is 0.500. The molecule has 1 atom stereocenters. The Kier molecular flexibility index (Phi) is 5.62. The van der Waals surface area contributed by atoms with Crippen LogP contribution in [0, 0.1) is 5.41 Å². The molecule has 1 N–H and O–H groups in total. The number of ether oxygens (including phenoxy) is 1. The van der Waals surface area contributed by atoms with Crippen molar-refractivity contribution in [1.82, 2.24) is 5.32 Å². The zero-order chi connectivity index (χ0) is 11.1. The highest BCUT2D eigenvalue weighted by molar-refractivity contribution is 4.87. The van der Waals surface area contributed by atoms with Gasteiger partial charge in [0.1, 0.15) is 0 Å². The predicted octanol–water partition coefficient (Wildman–Crippen LogP) is 2.97. The van der Waals surface area contributed by atoms with Crippen LogP contribution in [0.15, 0.2) is 0 Å². The van der Waals surface area contributed by atoms with Gasteiger partial charge >= 0.3 is 0 Å². The summed E-state index contributed by atoms with van der Waals surface area (Å²) < 4.78 is 5.05. The lowest BCUT2D eigenvalue weighted by Gasteiger charge is -2.39. The molecule has 0 saturated heterocycles. The third kappa shape index (κ3) is 4.52. The molecular formula is C13H27NO. The Balaban J connectivity index is 2.13. The van der Waals surface area contributed by atoms with Crippen LogP contribution in [0.2, 0.25) is 0 Å². The number of rotatable bonds is 6. The molecule has 15 heavy (non-hydrogen) atoms. The van der Waals surface area contributed by atoms with E-state index in [0.717, 1.165) is 19.2 Å². The number of hydrogen-bond acceptors (Lipinski definition) is 2. The van der Waals surface area contributed by atoms with Gasteiger partial charge in [0.15, 0.2) is 0 Å². The van der Waals surface area contributed by atoms with Crippen LogP contribution >= 0.6 is 0 Å². The summed E-state index contributed by atoms with van der Waals surface area (Å²) in [4.78, 5) is 0. The van der Waals surface area contributed by atoms with Gasteiger partial charge in [-0.3, -0.25) is 0 Å². The Morgan fingerprint density at radius 1 is 1.27 bits per heavy atom. The van der Waals surface area contributed by atoms with Gasteiger partial charge in [0.05, 0.1) is 0 Å². The number of methoxy groups -OCH3 is 1. The second-order valence-electron chi connectivity index (χ2n) is 5.44. The summed E-state index contributed by atoms with van der Waals surface area (Å²) in [7, 11) is 1.78. The lowest BCUT2D eigenvalue weighted by molar-refractivity contribution is 0.163. The SMILES string of the molecule is COCCCCNC1CCCCC1(C)C. The van der Waals surface area contributed by atoms with E-state index in [9.17, 15) is 0 Å². The van der Waals surface area contributed by atoms with Crippen LogP contribution < -0.4 is 5.32 Å². The topological polar surface area (TPSA) is 21.3 Å². The van der Waals surface area contributed by atoms with Crippen molar-refractivity contribution in [1.29, 1.82) is 0 Å². The van der Waals surface area contributed by atoms with Crippen molar-refractivity contribution in [2.24, 2.45) is 5.41 Å². The van der Waals surface area contributed by atoms with Crippen molar-refractivity contribution >= 4 is 0 Å². The van der Waals surface area contributed by atoms with E-state index in [1.807, 2.05) is 0 Å². The van der Waals surface area contributed by atoms with E-state index >= 15 is 0 Å². The molecule has 0 aromatic rings. The fourth-order valence-electron chi connectivity index (χ4n) is 2.52. The average Bonchev–Trinajstić information content (AvgIpc) is 2.19. The molecular weight excluding hydrogens is 186 g/mol. The maximum Gasteiger partial charge on any atom is 0.0462 e. The molecule has 0 aliphatic heterocycles. The first-order chi connectivity index (χ1) is 7.17. The zero-order valence-electron chi connectivity index (χ0n) is 10.6. The minimum absolute atomic E-state index is 0.500. The monoisotopic (exact) mass is 213 g/mol. The van der Waals surface area contributed by atoms with Gasteiger partial charge in [-0.05, 0) is 37.6 Å². The van der Waals surface area contributed by atoms with E-state index in [-0.39, 0.29) is 0 Å². The van der Waals surface area contributed by atoms with Crippen molar-refractivity contribution in [2.75, 3.05) is 20.3 Å². The summed E-state index contributed by atoms with van der Waals surface area (Å²) in [6.07, 6.45) is 7.96. The molecule has 2 nitrogen and oxygen atoms in total. The lowest BCUT2D eigenvalue weighted by atomic mass is 9.73. The quantitative estimate of drug-likeness (QED) is 0.685. The molecule has 1 aliphatic carbocycles. The first-order valence-corrected chi connectivity index (χ1v) is 6.39. The Bertz CT molecular complexity index is 168. The third-order valence-corrected chi connectivity index (χ3v) is 3.67. The summed E-state index contributed by atoms with van der Waals surface area (Å²) in [6, 6.07) is 0.730. The summed E-state index contributed by atoms with van der Waals surface area (Å²) in [5.41, 5.74) is 0.500. The maximum absolute atomic E-state index is 5.05. The molecule has 0 radical (unpaired) electrons. The van der Waals surface area contributed by atoms with E-state index in [1.165, 1.54) is 38.5 Å². The van der Waals surface area contributed by atoms with E-state index in [0.29, 0.717) is 5.41 Å². The van der Waals surface area contributed by atoms with Crippen LogP contribution in [-0.4, -0.2) is 26.3 Å². The van der Waals surface area contributed by atoms with E-state index in [4.69, 9.17) is 4.74 Å². The molecule has 1 unspecified atom stereocenters. The second-order valence-corrected chi connectivity index (χ2v) is 5.44. The van der Waals surface area contributed by atoms with Crippen LogP contribution in [0.1, 0.15) is 52.4 Å². The van der Waals surface area contributed by atoms with Crippen LogP contribution in [0.25, 0.3) is 0 Å². The normalized spacial score (nSPS) is 25.4. The van der Waals surface area contributed by atoms with E-state index in [2.05, 4.69) is 19.2 Å². The molecule has 0 spiro atoms. The van der Waals surface area contributed by atoms with Gasteiger partial charge in [-0.15, -0.1) is 0 Å². The highest BCUT2D eigenvalue weighted by Gasteiger charge is 2.31. The highest BCUT2D eigenvalue weighted by atomic mass is 16.5. The standard InChI is InChI=1S/C13H27NO/c1-13(2)9-5-4-8-12(13)14-10-6-7-11-15-3/h12,14H,4-11H2,1-3H3. The molecule has 0 amide bonds. The molecule has 0 bridgehead atoms. The Morgan fingerprint density at radius 3 is 2.73 bits per heavy atom. The zero-order valence-corrected chi connectivity index (χ0v) is 10.6. The molecule has 2 heteroatoms. The van der Waals surface area contributed by atoms with Gasteiger partial charge in [-0.25, -0.2) is 0 Å². The fraction of sp³-hybridized carbons (Fsp3) is 1.00. The molecule has 1 saturated carbocycles. The molecule has 0 aromatic heterocycles. The molecule has 0 aromatic carbocycles. The van der Waals surface area contributed by atoms with Crippen LogP contribution in [0.4, 0.5) is 0 Å². The maximum atomic E-state index is 5.05. The van der Waals surface area contributed by atoms with Crippen LogP contribution in [0.3, 0.4) is 0 Å². The smallest absolute Gasteiger partial charge is 0.0462 e.